The molecule has 6 nitrogen and oxygen atoms in total. The first kappa shape index (κ1) is 12.0. The Bertz CT molecular complexity index is 608. The average Bonchev–Trinajstić information content (AvgIpc) is 2.63. The minimum atomic E-state index is 0.0536. The summed E-state index contributed by atoms with van der Waals surface area (Å²) in [5.41, 5.74) is 7.85. The molecule has 0 atom stereocenters. The van der Waals surface area contributed by atoms with E-state index in [0.29, 0.717) is 30.3 Å². The molecule has 0 unspecified atom stereocenters. The molecular weight excluding hydrogens is 244 g/mol. The van der Waals surface area contributed by atoms with E-state index in [9.17, 15) is 4.79 Å². The number of hydrogen-bond donors (Lipinski definition) is 2. The summed E-state index contributed by atoms with van der Waals surface area (Å²) in [6.07, 6.45) is 0.943. The van der Waals surface area contributed by atoms with Gasteiger partial charge in [-0.2, -0.15) is 0 Å². The molecule has 6 heteroatoms. The zero-order chi connectivity index (χ0) is 13.2. The number of aromatic nitrogens is 1. The van der Waals surface area contributed by atoms with Gasteiger partial charge in [-0.15, -0.1) is 0 Å². The highest BCUT2D eigenvalue weighted by molar-refractivity contribution is 5.78. The molecule has 0 bridgehead atoms. The van der Waals surface area contributed by atoms with E-state index in [-0.39, 0.29) is 5.91 Å². The molecule has 3 rings (SSSR count). The van der Waals surface area contributed by atoms with E-state index in [1.54, 1.807) is 12.1 Å². The molecular formula is C13H16N4O2. The van der Waals surface area contributed by atoms with Gasteiger partial charge in [-0.05, 0) is 18.6 Å². The Kier molecular flexibility index (Phi) is 3.08. The van der Waals surface area contributed by atoms with Gasteiger partial charge in [0.2, 0.25) is 11.8 Å². The molecule has 19 heavy (non-hydrogen) atoms. The van der Waals surface area contributed by atoms with Crippen LogP contribution in [0.4, 0.5) is 5.69 Å². The van der Waals surface area contributed by atoms with Crippen LogP contribution in [-0.4, -0.2) is 35.4 Å². The highest BCUT2D eigenvalue weighted by Crippen LogP contribution is 2.19. The average molecular weight is 260 g/mol. The lowest BCUT2D eigenvalue weighted by molar-refractivity contribution is -0.121. The Morgan fingerprint density at radius 3 is 3.26 bits per heavy atom. The predicted molar refractivity (Wildman–Crippen MR) is 71.3 cm³/mol. The number of carbonyl (C=O) groups excluding carboxylic acids is 1. The van der Waals surface area contributed by atoms with Crippen LogP contribution >= 0.6 is 0 Å². The first-order valence-corrected chi connectivity index (χ1v) is 6.35. The van der Waals surface area contributed by atoms with E-state index >= 15 is 0 Å². The maximum Gasteiger partial charge on any atom is 0.234 e. The fourth-order valence-electron chi connectivity index (χ4n) is 2.25. The van der Waals surface area contributed by atoms with Gasteiger partial charge in [0.1, 0.15) is 5.52 Å². The van der Waals surface area contributed by atoms with Crippen LogP contribution in [0, 0.1) is 0 Å². The molecule has 100 valence electrons. The van der Waals surface area contributed by atoms with Crippen molar-refractivity contribution < 1.29 is 9.21 Å². The van der Waals surface area contributed by atoms with E-state index in [4.69, 9.17) is 10.2 Å². The van der Waals surface area contributed by atoms with Crippen LogP contribution in [0.25, 0.3) is 11.1 Å². The normalized spacial score (nSPS) is 17.4. The third-order valence-electron chi connectivity index (χ3n) is 3.16. The van der Waals surface area contributed by atoms with Gasteiger partial charge in [-0.3, -0.25) is 9.69 Å². The Hall–Kier alpha value is -2.08. The summed E-state index contributed by atoms with van der Waals surface area (Å²) in [6, 6.07) is 5.40. The van der Waals surface area contributed by atoms with Gasteiger partial charge in [-0.1, -0.05) is 0 Å². The second kappa shape index (κ2) is 4.89. The van der Waals surface area contributed by atoms with Crippen LogP contribution in [0.2, 0.25) is 0 Å². The number of nitrogen functional groups attached to an aromatic ring is 1. The predicted octanol–water partition coefficient (Wildman–Crippen LogP) is 0.732. The topological polar surface area (TPSA) is 84.4 Å². The number of nitrogens with one attached hydrogen (secondary N) is 1. The van der Waals surface area contributed by atoms with Crippen molar-refractivity contribution in [2.45, 2.75) is 13.0 Å². The van der Waals surface area contributed by atoms with Crippen LogP contribution in [0.5, 0.6) is 0 Å². The Labute approximate surface area is 110 Å². The SMILES string of the molecule is Nc1ccc2nc(CN3CCCNC(=O)C3)oc2c1. The van der Waals surface area contributed by atoms with Crippen molar-refractivity contribution in [3.8, 4) is 0 Å². The lowest BCUT2D eigenvalue weighted by Crippen LogP contribution is -2.32. The maximum atomic E-state index is 11.5. The second-order valence-corrected chi connectivity index (χ2v) is 4.75. The number of anilines is 1. The largest absolute Gasteiger partial charge is 0.439 e. The molecule has 1 aliphatic rings. The molecule has 2 aromatic rings. The van der Waals surface area contributed by atoms with Crippen molar-refractivity contribution in [1.82, 2.24) is 15.2 Å². The summed E-state index contributed by atoms with van der Waals surface area (Å²) in [4.78, 5) is 17.9. The molecule has 1 aliphatic heterocycles. The maximum absolute atomic E-state index is 11.5. The van der Waals surface area contributed by atoms with Crippen molar-refractivity contribution in [2.75, 3.05) is 25.4 Å². The number of carbonyl (C=O) groups is 1. The van der Waals surface area contributed by atoms with Crippen molar-refractivity contribution >= 4 is 22.7 Å². The van der Waals surface area contributed by atoms with Crippen LogP contribution in [-0.2, 0) is 11.3 Å². The molecule has 0 aliphatic carbocycles. The summed E-state index contributed by atoms with van der Waals surface area (Å²) in [5, 5.41) is 2.85. The fraction of sp³-hybridized carbons (Fsp3) is 0.385. The van der Waals surface area contributed by atoms with Crippen molar-refractivity contribution in [2.24, 2.45) is 0 Å². The van der Waals surface area contributed by atoms with Crippen molar-refractivity contribution in [3.05, 3.63) is 24.1 Å². The lowest BCUT2D eigenvalue weighted by atomic mass is 10.3. The van der Waals surface area contributed by atoms with Crippen molar-refractivity contribution in [1.29, 1.82) is 0 Å². The number of fused-ring (bicyclic) bond motifs is 1. The molecule has 0 spiro atoms. The molecule has 1 aromatic heterocycles. The van der Waals surface area contributed by atoms with Crippen LogP contribution in [0.1, 0.15) is 12.3 Å². The summed E-state index contributed by atoms with van der Waals surface area (Å²) < 4.78 is 5.66. The van der Waals surface area contributed by atoms with E-state index in [1.165, 1.54) is 0 Å². The zero-order valence-corrected chi connectivity index (χ0v) is 10.6. The van der Waals surface area contributed by atoms with Gasteiger partial charge in [0, 0.05) is 24.8 Å². The number of hydrogen-bond acceptors (Lipinski definition) is 5. The molecule has 0 radical (unpaired) electrons. The van der Waals surface area contributed by atoms with E-state index < -0.39 is 0 Å². The van der Waals surface area contributed by atoms with Gasteiger partial charge >= 0.3 is 0 Å². The molecule has 2 heterocycles. The summed E-state index contributed by atoms with van der Waals surface area (Å²) in [5.74, 6) is 0.674. The van der Waals surface area contributed by atoms with E-state index in [1.807, 2.05) is 11.0 Å². The number of benzene rings is 1. The lowest BCUT2D eigenvalue weighted by Gasteiger charge is -2.15. The minimum Gasteiger partial charge on any atom is -0.439 e. The first-order chi connectivity index (χ1) is 9.20. The monoisotopic (exact) mass is 260 g/mol. The number of nitrogens with zero attached hydrogens (tertiary/aromatic N) is 2. The standard InChI is InChI=1S/C13H16N4O2/c14-9-2-3-10-11(6-9)19-13(16-10)8-17-5-1-4-15-12(18)7-17/h2-3,6H,1,4-5,7-8,14H2,(H,15,18). The molecule has 1 amide bonds. The summed E-state index contributed by atoms with van der Waals surface area (Å²) >= 11 is 0. The molecule has 1 fully saturated rings. The Morgan fingerprint density at radius 1 is 1.47 bits per heavy atom. The molecule has 1 saturated heterocycles. The van der Waals surface area contributed by atoms with Gasteiger partial charge in [0.15, 0.2) is 5.58 Å². The Balaban J connectivity index is 1.78. The number of rotatable bonds is 2. The molecule has 0 saturated carbocycles. The smallest absolute Gasteiger partial charge is 0.234 e. The van der Waals surface area contributed by atoms with Gasteiger partial charge in [-0.25, -0.2) is 4.98 Å². The highest BCUT2D eigenvalue weighted by atomic mass is 16.3. The zero-order valence-electron chi connectivity index (χ0n) is 10.6. The van der Waals surface area contributed by atoms with E-state index in [2.05, 4.69) is 10.3 Å². The van der Waals surface area contributed by atoms with Crippen molar-refractivity contribution in [3.63, 3.8) is 0 Å². The highest BCUT2D eigenvalue weighted by Gasteiger charge is 2.17. The third kappa shape index (κ3) is 2.68. The van der Waals surface area contributed by atoms with Crippen LogP contribution in [0.15, 0.2) is 22.6 Å². The third-order valence-corrected chi connectivity index (χ3v) is 3.16. The van der Waals surface area contributed by atoms with Crippen LogP contribution in [0.3, 0.4) is 0 Å². The number of oxazole rings is 1. The quantitative estimate of drug-likeness (QED) is 0.778. The van der Waals surface area contributed by atoms with Gasteiger partial charge in [0.25, 0.3) is 0 Å². The molecule has 1 aromatic carbocycles. The van der Waals surface area contributed by atoms with Gasteiger partial charge < -0.3 is 15.5 Å². The van der Waals surface area contributed by atoms with Crippen LogP contribution < -0.4 is 11.1 Å². The first-order valence-electron chi connectivity index (χ1n) is 6.35. The second-order valence-electron chi connectivity index (χ2n) is 4.75. The minimum absolute atomic E-state index is 0.0536. The fourth-order valence-corrected chi connectivity index (χ4v) is 2.25. The van der Waals surface area contributed by atoms with Gasteiger partial charge in [0.05, 0.1) is 13.1 Å². The van der Waals surface area contributed by atoms with E-state index in [0.717, 1.165) is 25.0 Å². The molecule has 3 N–H and O–H groups in total. The number of nitrogens with two attached hydrogens (primary N) is 1. The number of amides is 1. The summed E-state index contributed by atoms with van der Waals surface area (Å²) in [6.45, 7) is 2.53. The Morgan fingerprint density at radius 2 is 2.37 bits per heavy atom. The summed E-state index contributed by atoms with van der Waals surface area (Å²) in [7, 11) is 0.